The van der Waals surface area contributed by atoms with E-state index in [1.54, 1.807) is 0 Å². The Balaban J connectivity index is 1.97. The zero-order valence-electron chi connectivity index (χ0n) is 11.1. The van der Waals surface area contributed by atoms with Crippen LogP contribution in [0.2, 0.25) is 0 Å². The molecule has 0 atom stereocenters. The van der Waals surface area contributed by atoms with E-state index in [2.05, 4.69) is 6.07 Å². The van der Waals surface area contributed by atoms with E-state index in [1.807, 2.05) is 13.8 Å². The minimum absolute atomic E-state index is 0.106. The van der Waals surface area contributed by atoms with Crippen LogP contribution in [-0.4, -0.2) is 0 Å². The van der Waals surface area contributed by atoms with Gasteiger partial charge in [0.25, 0.3) is 0 Å². The normalized spacial score (nSPS) is 18.3. The molecule has 0 unspecified atom stereocenters. The molecule has 16 heavy (non-hydrogen) atoms. The fourth-order valence-corrected chi connectivity index (χ4v) is 2.71. The van der Waals surface area contributed by atoms with Gasteiger partial charge in [-0.15, -0.1) is 0 Å². The van der Waals surface area contributed by atoms with Gasteiger partial charge in [0, 0.05) is 0 Å². The summed E-state index contributed by atoms with van der Waals surface area (Å²) in [6.45, 7) is 4.10. The first-order valence-corrected chi connectivity index (χ1v) is 7.05. The van der Waals surface area contributed by atoms with Gasteiger partial charge in [0.05, 0.1) is 11.5 Å². The number of rotatable bonds is 6. The van der Waals surface area contributed by atoms with Gasteiger partial charge in [0.1, 0.15) is 0 Å². The number of hydrogen-bond acceptors (Lipinski definition) is 1. The van der Waals surface area contributed by atoms with Crippen molar-refractivity contribution in [1.29, 1.82) is 5.26 Å². The summed E-state index contributed by atoms with van der Waals surface area (Å²) < 4.78 is 0. The Labute approximate surface area is 101 Å². The second-order valence-corrected chi connectivity index (χ2v) is 6.10. The smallest absolute Gasteiger partial charge is 0.0683 e. The molecule has 1 rings (SSSR count). The van der Waals surface area contributed by atoms with E-state index < -0.39 is 0 Å². The molecule has 0 aliphatic heterocycles. The Morgan fingerprint density at radius 1 is 1.06 bits per heavy atom. The summed E-state index contributed by atoms with van der Waals surface area (Å²) in [5.41, 5.74) is -0.106. The third-order valence-corrected chi connectivity index (χ3v) is 3.94. The van der Waals surface area contributed by atoms with Gasteiger partial charge in [-0.3, -0.25) is 0 Å². The molecule has 1 aliphatic carbocycles. The van der Waals surface area contributed by atoms with Crippen LogP contribution in [0.4, 0.5) is 0 Å². The molecule has 1 saturated carbocycles. The predicted molar refractivity (Wildman–Crippen MR) is 69.1 cm³/mol. The summed E-state index contributed by atoms with van der Waals surface area (Å²) in [6.07, 6.45) is 13.8. The highest BCUT2D eigenvalue weighted by atomic mass is 14.3. The maximum atomic E-state index is 8.90. The molecule has 0 saturated heterocycles. The lowest BCUT2D eigenvalue weighted by molar-refractivity contribution is 0.324. The van der Waals surface area contributed by atoms with Crippen LogP contribution in [0.25, 0.3) is 0 Å². The lowest BCUT2D eigenvalue weighted by Gasteiger charge is -2.21. The predicted octanol–water partition coefficient (Wildman–Crippen LogP) is 5.07. The zero-order chi connectivity index (χ0) is 11.9. The summed E-state index contributed by atoms with van der Waals surface area (Å²) in [5.74, 6) is 1.03. The highest BCUT2D eigenvalue weighted by Gasteiger charge is 2.16. The second kappa shape index (κ2) is 6.94. The van der Waals surface area contributed by atoms with E-state index in [0.29, 0.717) is 0 Å². The summed E-state index contributed by atoms with van der Waals surface area (Å²) >= 11 is 0. The van der Waals surface area contributed by atoms with Crippen LogP contribution in [0.3, 0.4) is 0 Å². The van der Waals surface area contributed by atoms with Gasteiger partial charge in [-0.05, 0) is 26.2 Å². The van der Waals surface area contributed by atoms with Crippen LogP contribution in [0.1, 0.15) is 78.1 Å². The highest BCUT2D eigenvalue weighted by molar-refractivity contribution is 4.91. The Hall–Kier alpha value is -0.510. The first kappa shape index (κ1) is 13.6. The van der Waals surface area contributed by atoms with Gasteiger partial charge >= 0.3 is 0 Å². The van der Waals surface area contributed by atoms with E-state index in [0.717, 1.165) is 12.3 Å². The van der Waals surface area contributed by atoms with Crippen LogP contribution in [0, 0.1) is 22.7 Å². The van der Waals surface area contributed by atoms with Crippen molar-refractivity contribution in [1.82, 2.24) is 0 Å². The van der Waals surface area contributed by atoms with Gasteiger partial charge in [-0.25, -0.2) is 0 Å². The lowest BCUT2D eigenvalue weighted by Crippen LogP contribution is -2.08. The first-order valence-electron chi connectivity index (χ1n) is 7.05. The first-order chi connectivity index (χ1) is 7.64. The standard InChI is InChI=1S/C15H27N/c1-15(2,13-16)12-8-4-7-11-14-9-5-3-6-10-14/h14H,3-12H2,1-2H3. The van der Waals surface area contributed by atoms with Crippen molar-refractivity contribution in [2.45, 2.75) is 78.1 Å². The average molecular weight is 221 g/mol. The Kier molecular flexibility index (Phi) is 5.88. The van der Waals surface area contributed by atoms with Crippen molar-refractivity contribution in [2.24, 2.45) is 11.3 Å². The van der Waals surface area contributed by atoms with Crippen molar-refractivity contribution in [2.75, 3.05) is 0 Å². The molecule has 0 bridgehead atoms. The van der Waals surface area contributed by atoms with Gasteiger partial charge in [-0.2, -0.15) is 5.26 Å². The molecular formula is C15H27N. The molecule has 0 amide bonds. The molecule has 0 radical (unpaired) electrons. The summed E-state index contributed by atoms with van der Waals surface area (Å²) in [7, 11) is 0. The summed E-state index contributed by atoms with van der Waals surface area (Å²) in [4.78, 5) is 0. The average Bonchev–Trinajstić information content (AvgIpc) is 2.30. The molecular weight excluding hydrogens is 194 g/mol. The molecule has 0 aromatic heterocycles. The van der Waals surface area contributed by atoms with Crippen molar-refractivity contribution < 1.29 is 0 Å². The highest BCUT2D eigenvalue weighted by Crippen LogP contribution is 2.29. The van der Waals surface area contributed by atoms with Crippen molar-refractivity contribution in [3.63, 3.8) is 0 Å². The quantitative estimate of drug-likeness (QED) is 0.575. The molecule has 0 spiro atoms. The summed E-state index contributed by atoms with van der Waals surface area (Å²) in [6, 6.07) is 2.38. The largest absolute Gasteiger partial charge is 0.198 e. The van der Waals surface area contributed by atoms with Crippen molar-refractivity contribution >= 4 is 0 Å². The minimum atomic E-state index is -0.106. The van der Waals surface area contributed by atoms with Gasteiger partial charge in [0.2, 0.25) is 0 Å². The number of hydrogen-bond donors (Lipinski definition) is 0. The van der Waals surface area contributed by atoms with E-state index >= 15 is 0 Å². The maximum Gasteiger partial charge on any atom is 0.0683 e. The molecule has 0 aromatic rings. The van der Waals surface area contributed by atoms with Crippen LogP contribution >= 0.6 is 0 Å². The molecule has 1 aliphatic rings. The van der Waals surface area contributed by atoms with Crippen LogP contribution in [0.5, 0.6) is 0 Å². The van der Waals surface area contributed by atoms with Gasteiger partial charge in [0.15, 0.2) is 0 Å². The number of unbranched alkanes of at least 4 members (excludes halogenated alkanes) is 2. The molecule has 0 heterocycles. The third-order valence-electron chi connectivity index (χ3n) is 3.94. The molecule has 1 nitrogen and oxygen atoms in total. The maximum absolute atomic E-state index is 8.90. The van der Waals surface area contributed by atoms with Crippen LogP contribution in [0.15, 0.2) is 0 Å². The topological polar surface area (TPSA) is 23.8 Å². The molecule has 1 heteroatoms. The number of nitrogens with zero attached hydrogens (tertiary/aromatic N) is 1. The van der Waals surface area contributed by atoms with Crippen molar-refractivity contribution in [3.05, 3.63) is 0 Å². The molecule has 0 aromatic carbocycles. The lowest BCUT2D eigenvalue weighted by atomic mass is 9.84. The van der Waals surface area contributed by atoms with E-state index in [-0.39, 0.29) is 5.41 Å². The fraction of sp³-hybridized carbons (Fsp3) is 0.933. The SMILES string of the molecule is CC(C)(C#N)CCCCCC1CCCCC1. The van der Waals surface area contributed by atoms with Gasteiger partial charge in [-0.1, -0.05) is 57.8 Å². The third kappa shape index (κ3) is 5.54. The summed E-state index contributed by atoms with van der Waals surface area (Å²) in [5, 5.41) is 8.90. The Bertz CT molecular complexity index is 218. The van der Waals surface area contributed by atoms with E-state index in [9.17, 15) is 0 Å². The van der Waals surface area contributed by atoms with Gasteiger partial charge < -0.3 is 0 Å². The zero-order valence-corrected chi connectivity index (χ0v) is 11.1. The van der Waals surface area contributed by atoms with Crippen molar-refractivity contribution in [3.8, 4) is 6.07 Å². The van der Waals surface area contributed by atoms with E-state index in [1.165, 1.54) is 57.8 Å². The number of nitriles is 1. The van der Waals surface area contributed by atoms with Crippen LogP contribution in [-0.2, 0) is 0 Å². The van der Waals surface area contributed by atoms with E-state index in [4.69, 9.17) is 5.26 Å². The second-order valence-electron chi connectivity index (χ2n) is 6.10. The Morgan fingerprint density at radius 3 is 2.38 bits per heavy atom. The monoisotopic (exact) mass is 221 g/mol. The molecule has 92 valence electrons. The Morgan fingerprint density at radius 2 is 1.75 bits per heavy atom. The van der Waals surface area contributed by atoms with Crippen LogP contribution < -0.4 is 0 Å². The molecule has 1 fully saturated rings. The minimum Gasteiger partial charge on any atom is -0.198 e. The fourth-order valence-electron chi connectivity index (χ4n) is 2.71. The molecule has 0 N–H and O–H groups in total.